The summed E-state index contributed by atoms with van der Waals surface area (Å²) in [6.07, 6.45) is 0.0732. The van der Waals surface area contributed by atoms with Crippen LogP contribution in [0.15, 0.2) is 18.2 Å². The van der Waals surface area contributed by atoms with E-state index in [4.69, 9.17) is 4.74 Å². The van der Waals surface area contributed by atoms with Crippen LogP contribution in [0.25, 0.3) is 0 Å². The molecule has 1 N–H and O–H groups in total. The first-order valence-electron chi connectivity index (χ1n) is 6.21. The first kappa shape index (κ1) is 15.6. The molecular formula is C14H18F2O3. The maximum atomic E-state index is 13.7. The minimum Gasteiger partial charge on any atom is -0.464 e. The number of rotatable bonds is 5. The smallest absolute Gasteiger partial charge is 0.338 e. The Kier molecular flexibility index (Phi) is 5.00. The van der Waals surface area contributed by atoms with Gasteiger partial charge in [-0.15, -0.1) is 0 Å². The highest BCUT2D eigenvalue weighted by Crippen LogP contribution is 2.33. The van der Waals surface area contributed by atoms with Crippen LogP contribution in [0, 0.1) is 11.6 Å². The molecule has 0 spiro atoms. The summed E-state index contributed by atoms with van der Waals surface area (Å²) < 4.78 is 31.4. The summed E-state index contributed by atoms with van der Waals surface area (Å²) in [6.45, 7) is 4.86. The van der Waals surface area contributed by atoms with E-state index in [9.17, 15) is 18.7 Å². The molecule has 0 amide bonds. The van der Waals surface area contributed by atoms with Gasteiger partial charge in [0.1, 0.15) is 11.6 Å². The van der Waals surface area contributed by atoms with Crippen molar-refractivity contribution in [3.05, 3.63) is 35.4 Å². The number of benzene rings is 1. The van der Waals surface area contributed by atoms with Crippen molar-refractivity contribution in [2.75, 3.05) is 6.61 Å². The predicted octanol–water partition coefficient (Wildman–Crippen LogP) is 2.77. The molecule has 0 aliphatic carbocycles. The normalized spacial score (nSPS) is 15.7. The van der Waals surface area contributed by atoms with Crippen LogP contribution in [0.4, 0.5) is 8.78 Å². The molecule has 0 saturated heterocycles. The lowest BCUT2D eigenvalue weighted by molar-refractivity contribution is -0.167. The molecule has 19 heavy (non-hydrogen) atoms. The molecule has 0 radical (unpaired) electrons. The van der Waals surface area contributed by atoms with Gasteiger partial charge in [0.25, 0.3) is 0 Å². The number of carbonyl (C=O) groups is 1. The average molecular weight is 272 g/mol. The Balaban J connectivity index is 3.13. The molecule has 0 aliphatic rings. The van der Waals surface area contributed by atoms with Crippen LogP contribution in [0.2, 0.25) is 0 Å². The lowest BCUT2D eigenvalue weighted by Gasteiger charge is -2.31. The monoisotopic (exact) mass is 272 g/mol. The number of halogens is 2. The molecule has 1 rings (SSSR count). The molecule has 0 fully saturated rings. The predicted molar refractivity (Wildman–Crippen MR) is 66.6 cm³/mol. The van der Waals surface area contributed by atoms with E-state index in [1.165, 1.54) is 13.0 Å². The first-order valence-corrected chi connectivity index (χ1v) is 6.21. The van der Waals surface area contributed by atoms with Gasteiger partial charge in [-0.2, -0.15) is 0 Å². The van der Waals surface area contributed by atoms with Crippen molar-refractivity contribution in [3.8, 4) is 0 Å². The molecule has 0 bridgehead atoms. The molecule has 3 nitrogen and oxygen atoms in total. The molecule has 106 valence electrons. The molecule has 0 heterocycles. The highest BCUT2D eigenvalue weighted by atomic mass is 19.1. The molecule has 1 aromatic rings. The zero-order chi connectivity index (χ0) is 14.6. The van der Waals surface area contributed by atoms with Crippen molar-refractivity contribution >= 4 is 5.97 Å². The molecule has 0 aliphatic heterocycles. The standard InChI is InChI=1S/C14H18F2O3/c1-4-14(18,13(17)19-5-2)9(3)11-7-6-10(15)8-12(11)16/h6-9,18H,4-5H2,1-3H3. The lowest BCUT2D eigenvalue weighted by atomic mass is 9.81. The quantitative estimate of drug-likeness (QED) is 0.838. The third kappa shape index (κ3) is 3.10. The van der Waals surface area contributed by atoms with Crippen LogP contribution in [-0.4, -0.2) is 23.3 Å². The van der Waals surface area contributed by atoms with E-state index in [0.29, 0.717) is 0 Å². The van der Waals surface area contributed by atoms with Crippen LogP contribution < -0.4 is 0 Å². The van der Waals surface area contributed by atoms with Gasteiger partial charge in [-0.3, -0.25) is 0 Å². The van der Waals surface area contributed by atoms with Crippen molar-refractivity contribution in [2.45, 2.75) is 38.7 Å². The Morgan fingerprint density at radius 3 is 2.53 bits per heavy atom. The average Bonchev–Trinajstić information content (AvgIpc) is 2.37. The van der Waals surface area contributed by atoms with E-state index in [-0.39, 0.29) is 18.6 Å². The maximum Gasteiger partial charge on any atom is 0.338 e. The van der Waals surface area contributed by atoms with Crippen molar-refractivity contribution in [1.82, 2.24) is 0 Å². The zero-order valence-corrected chi connectivity index (χ0v) is 11.2. The molecule has 2 atom stereocenters. The largest absolute Gasteiger partial charge is 0.464 e. The number of esters is 1. The van der Waals surface area contributed by atoms with Crippen LogP contribution in [0.3, 0.4) is 0 Å². The number of ether oxygens (including phenoxy) is 1. The molecule has 2 unspecified atom stereocenters. The van der Waals surface area contributed by atoms with Crippen LogP contribution >= 0.6 is 0 Å². The number of aliphatic hydroxyl groups is 1. The summed E-state index contributed by atoms with van der Waals surface area (Å²) in [5.74, 6) is -3.13. The zero-order valence-electron chi connectivity index (χ0n) is 11.2. The van der Waals surface area contributed by atoms with Gasteiger partial charge >= 0.3 is 5.97 Å². The minimum atomic E-state index is -1.82. The molecule has 1 aromatic carbocycles. The van der Waals surface area contributed by atoms with Crippen LogP contribution in [0.1, 0.15) is 38.7 Å². The summed E-state index contributed by atoms with van der Waals surface area (Å²) >= 11 is 0. The third-order valence-corrected chi connectivity index (χ3v) is 3.31. The first-order chi connectivity index (χ1) is 8.86. The molecule has 0 saturated carbocycles. The Bertz CT molecular complexity index is 462. The van der Waals surface area contributed by atoms with E-state index in [0.717, 1.165) is 12.1 Å². The van der Waals surface area contributed by atoms with Crippen LogP contribution in [-0.2, 0) is 9.53 Å². The highest BCUT2D eigenvalue weighted by Gasteiger charge is 2.43. The van der Waals surface area contributed by atoms with E-state index >= 15 is 0 Å². The van der Waals surface area contributed by atoms with Crippen LogP contribution in [0.5, 0.6) is 0 Å². The summed E-state index contributed by atoms with van der Waals surface area (Å²) in [5.41, 5.74) is -1.74. The van der Waals surface area contributed by atoms with Gasteiger partial charge in [0.15, 0.2) is 5.60 Å². The Morgan fingerprint density at radius 1 is 1.42 bits per heavy atom. The second-order valence-corrected chi connectivity index (χ2v) is 4.39. The second-order valence-electron chi connectivity index (χ2n) is 4.39. The summed E-state index contributed by atoms with van der Waals surface area (Å²) in [6, 6.07) is 3.05. The minimum absolute atomic E-state index is 0.0732. The molecule has 5 heteroatoms. The fourth-order valence-corrected chi connectivity index (χ4v) is 1.99. The van der Waals surface area contributed by atoms with E-state index in [1.54, 1.807) is 13.8 Å². The fraction of sp³-hybridized carbons (Fsp3) is 0.500. The molecular weight excluding hydrogens is 254 g/mol. The van der Waals surface area contributed by atoms with Gasteiger partial charge in [0.05, 0.1) is 6.61 Å². The third-order valence-electron chi connectivity index (χ3n) is 3.31. The summed E-state index contributed by atoms with van der Waals surface area (Å²) in [5, 5.41) is 10.4. The summed E-state index contributed by atoms with van der Waals surface area (Å²) in [4.78, 5) is 11.8. The van der Waals surface area contributed by atoms with E-state index in [1.807, 2.05) is 0 Å². The fourth-order valence-electron chi connectivity index (χ4n) is 1.99. The van der Waals surface area contributed by atoms with Gasteiger partial charge in [-0.05, 0) is 25.0 Å². The van der Waals surface area contributed by atoms with Crippen molar-refractivity contribution in [1.29, 1.82) is 0 Å². The van der Waals surface area contributed by atoms with Gasteiger partial charge in [-0.1, -0.05) is 19.9 Å². The second kappa shape index (κ2) is 6.10. The van der Waals surface area contributed by atoms with Crippen molar-refractivity contribution < 1.29 is 23.4 Å². The van der Waals surface area contributed by atoms with E-state index < -0.39 is 29.1 Å². The van der Waals surface area contributed by atoms with E-state index in [2.05, 4.69) is 0 Å². The summed E-state index contributed by atoms with van der Waals surface area (Å²) in [7, 11) is 0. The number of hydrogen-bond donors (Lipinski definition) is 1. The topological polar surface area (TPSA) is 46.5 Å². The Hall–Kier alpha value is -1.49. The van der Waals surface area contributed by atoms with Gasteiger partial charge in [0, 0.05) is 12.0 Å². The maximum absolute atomic E-state index is 13.7. The SMILES string of the molecule is CCOC(=O)C(O)(CC)C(C)c1ccc(F)cc1F. The Labute approximate surface area is 111 Å². The van der Waals surface area contributed by atoms with Crippen molar-refractivity contribution in [3.63, 3.8) is 0 Å². The Morgan fingerprint density at radius 2 is 2.05 bits per heavy atom. The van der Waals surface area contributed by atoms with Gasteiger partial charge in [0.2, 0.25) is 0 Å². The van der Waals surface area contributed by atoms with Crippen molar-refractivity contribution in [2.24, 2.45) is 0 Å². The highest BCUT2D eigenvalue weighted by molar-refractivity contribution is 5.80. The number of carbonyl (C=O) groups excluding carboxylic acids is 1. The molecule has 0 aromatic heterocycles. The van der Waals surface area contributed by atoms with Gasteiger partial charge in [-0.25, -0.2) is 13.6 Å². The number of hydrogen-bond acceptors (Lipinski definition) is 3. The van der Waals surface area contributed by atoms with Gasteiger partial charge < -0.3 is 9.84 Å². The lowest BCUT2D eigenvalue weighted by Crippen LogP contribution is -2.44.